The van der Waals surface area contributed by atoms with Crippen LogP contribution in [-0.2, 0) is 0 Å². The molecular formula is C78H55N3Si2. The predicted molar refractivity (Wildman–Crippen MR) is 357 cm³/mol. The van der Waals surface area contributed by atoms with Gasteiger partial charge in [0.1, 0.15) is 0 Å². The molecule has 5 heteroatoms. The van der Waals surface area contributed by atoms with Gasteiger partial charge in [-0.3, -0.25) is 0 Å². The van der Waals surface area contributed by atoms with Gasteiger partial charge < -0.3 is 13.7 Å². The monoisotopic (exact) mass is 1090 g/mol. The molecule has 16 rings (SSSR count). The molecule has 0 fully saturated rings. The zero-order valence-corrected chi connectivity index (χ0v) is 47.6. The normalized spacial score (nSPS) is 12.1. The highest BCUT2D eigenvalue weighted by Crippen LogP contribution is 2.38. The van der Waals surface area contributed by atoms with E-state index < -0.39 is 16.1 Å². The van der Waals surface area contributed by atoms with E-state index in [1.54, 1.807) is 0 Å². The molecule has 0 amide bonds. The Kier molecular flexibility index (Phi) is 11.6. The van der Waals surface area contributed by atoms with Gasteiger partial charge in [-0.2, -0.15) is 0 Å². The Balaban J connectivity index is 0.914. The molecule has 0 N–H and O–H groups in total. The van der Waals surface area contributed by atoms with Crippen LogP contribution in [0.5, 0.6) is 0 Å². The van der Waals surface area contributed by atoms with E-state index in [9.17, 15) is 0 Å². The van der Waals surface area contributed by atoms with E-state index in [-0.39, 0.29) is 0 Å². The fourth-order valence-corrected chi connectivity index (χ4v) is 24.1. The van der Waals surface area contributed by atoms with Crippen molar-refractivity contribution in [1.82, 2.24) is 13.7 Å². The molecule has 0 spiro atoms. The summed E-state index contributed by atoms with van der Waals surface area (Å²) in [5, 5.41) is 18.3. The first-order valence-electron chi connectivity index (χ1n) is 28.8. The number of hydrogen-bond acceptors (Lipinski definition) is 0. The van der Waals surface area contributed by atoms with Gasteiger partial charge >= 0.3 is 0 Å². The van der Waals surface area contributed by atoms with Crippen LogP contribution in [0.1, 0.15) is 0 Å². The zero-order chi connectivity index (χ0) is 54.9. The quantitative estimate of drug-likeness (QED) is 0.0906. The lowest BCUT2D eigenvalue weighted by atomic mass is 10.1. The summed E-state index contributed by atoms with van der Waals surface area (Å²) in [7, 11) is -5.97. The van der Waals surface area contributed by atoms with Crippen LogP contribution >= 0.6 is 0 Å². The van der Waals surface area contributed by atoms with Crippen LogP contribution in [0.3, 0.4) is 0 Å². The van der Waals surface area contributed by atoms with Gasteiger partial charge in [-0.25, -0.2) is 0 Å². The van der Waals surface area contributed by atoms with E-state index in [0.717, 1.165) is 17.1 Å². The van der Waals surface area contributed by atoms with E-state index >= 15 is 0 Å². The topological polar surface area (TPSA) is 14.8 Å². The number of nitrogens with zero attached hydrogens (tertiary/aromatic N) is 3. The van der Waals surface area contributed by atoms with Crippen LogP contribution in [0.25, 0.3) is 82.5 Å². The lowest BCUT2D eigenvalue weighted by molar-refractivity contribution is 1.17. The Morgan fingerprint density at radius 1 is 0.181 bits per heavy atom. The average Bonchev–Trinajstić information content (AvgIpc) is 4.36. The van der Waals surface area contributed by atoms with Crippen molar-refractivity contribution in [3.63, 3.8) is 0 Å². The lowest BCUT2D eigenvalue weighted by Gasteiger charge is -2.35. The molecule has 0 bridgehead atoms. The molecule has 3 nitrogen and oxygen atoms in total. The maximum absolute atomic E-state index is 3.06. The third-order valence-corrected chi connectivity index (χ3v) is 27.3. The Bertz CT molecular complexity index is 4930. The van der Waals surface area contributed by atoms with Crippen LogP contribution in [-0.4, -0.2) is 29.8 Å². The molecule has 0 radical (unpaired) electrons. The van der Waals surface area contributed by atoms with Crippen molar-refractivity contribution in [2.45, 2.75) is 0 Å². The van der Waals surface area contributed by atoms with Crippen molar-refractivity contribution in [2.24, 2.45) is 0 Å². The van der Waals surface area contributed by atoms with Gasteiger partial charge in [0.05, 0.1) is 33.1 Å². The molecule has 3 heterocycles. The standard InChI is InChI=1S/C78H55N3Si2/c1-7-27-56(28-8-1)79-71-44-22-20-42-67(71)70-55-65(50-52-75(70)79)82(59-30-9-2-10-31-59,60-32-11-3-12-33-60)64-40-25-29-57(53-64)80-72-45-23-19-41-66(72)69-54-58(49-51-74(69)80)81-73-46-24-21-43-68(73)78-76(81)47-26-48-77(78)83(61-34-13-4-14-35-61,62-36-15-5-16-37-62)63-38-17-6-18-39-63/h1-55H. The lowest BCUT2D eigenvalue weighted by Crippen LogP contribution is -2.74. The van der Waals surface area contributed by atoms with Gasteiger partial charge in [-0.05, 0) is 114 Å². The first-order chi connectivity index (χ1) is 41.2. The molecular weight excluding hydrogens is 1040 g/mol. The number of para-hydroxylation sites is 4. The van der Waals surface area contributed by atoms with Crippen molar-refractivity contribution in [3.05, 3.63) is 334 Å². The highest BCUT2D eigenvalue weighted by atomic mass is 28.3. The molecule has 0 saturated heterocycles. The third-order valence-electron chi connectivity index (χ3n) is 17.7. The minimum atomic E-state index is -3.06. The van der Waals surface area contributed by atoms with E-state index in [0.29, 0.717) is 0 Å². The third kappa shape index (κ3) is 7.42. The van der Waals surface area contributed by atoms with Gasteiger partial charge in [0.2, 0.25) is 0 Å². The molecule has 0 unspecified atom stereocenters. The predicted octanol–water partition coefficient (Wildman–Crippen LogP) is 13.7. The van der Waals surface area contributed by atoms with Gasteiger partial charge in [0, 0.05) is 49.4 Å². The van der Waals surface area contributed by atoms with Gasteiger partial charge in [-0.1, -0.05) is 261 Å². The van der Waals surface area contributed by atoms with Crippen molar-refractivity contribution in [2.75, 3.05) is 0 Å². The first-order valence-corrected chi connectivity index (χ1v) is 32.8. The Morgan fingerprint density at radius 2 is 0.518 bits per heavy atom. The Hall–Kier alpha value is -10.3. The molecule has 0 aliphatic heterocycles. The minimum Gasteiger partial charge on any atom is -0.309 e. The number of benzene rings is 13. The second-order valence-corrected chi connectivity index (χ2v) is 29.5. The number of rotatable bonds is 11. The molecule has 13 aromatic carbocycles. The minimum absolute atomic E-state index is 1.13. The second-order valence-electron chi connectivity index (χ2n) is 21.9. The average molecular weight is 1090 g/mol. The molecule has 16 aromatic rings. The van der Waals surface area contributed by atoms with Crippen LogP contribution in [0.2, 0.25) is 0 Å². The number of aromatic nitrogens is 3. The largest absolute Gasteiger partial charge is 0.309 e. The van der Waals surface area contributed by atoms with Crippen molar-refractivity contribution in [1.29, 1.82) is 0 Å². The second kappa shape index (κ2) is 19.7. The molecule has 390 valence electrons. The van der Waals surface area contributed by atoms with E-state index in [1.165, 1.54) is 107 Å². The fourth-order valence-electron chi connectivity index (χ4n) is 14.3. The SMILES string of the molecule is c1ccc(-n2c3ccccc3c3cc([Si](c4ccccc4)(c4ccccc4)c4cccc(-n5c6ccccc6c6cc(-n7c8ccccc8c8c([Si](c9ccccc9)(c9ccccc9)c9ccccc9)cccc87)ccc65)c4)ccc32)cc1. The van der Waals surface area contributed by atoms with Gasteiger partial charge in [0.25, 0.3) is 0 Å². The van der Waals surface area contributed by atoms with E-state index in [4.69, 9.17) is 0 Å². The maximum atomic E-state index is 2.53. The smallest absolute Gasteiger partial charge is 0.180 e. The fraction of sp³-hybridized carbons (Fsp3) is 0. The summed E-state index contributed by atoms with van der Waals surface area (Å²) in [6.07, 6.45) is 0. The van der Waals surface area contributed by atoms with Crippen LogP contribution in [0, 0.1) is 0 Å². The summed E-state index contributed by atoms with van der Waals surface area (Å²) in [4.78, 5) is 0. The summed E-state index contributed by atoms with van der Waals surface area (Å²) in [5.41, 5.74) is 10.6. The highest BCUT2D eigenvalue weighted by molar-refractivity contribution is 7.21. The van der Waals surface area contributed by atoms with Crippen molar-refractivity contribution in [3.8, 4) is 17.1 Å². The van der Waals surface area contributed by atoms with Crippen LogP contribution in [0.4, 0.5) is 0 Å². The summed E-state index contributed by atoms with van der Waals surface area (Å²) in [6, 6.07) is 125. The van der Waals surface area contributed by atoms with Crippen LogP contribution < -0.4 is 41.5 Å². The molecule has 83 heavy (non-hydrogen) atoms. The molecule has 3 aromatic heterocycles. The number of fused-ring (bicyclic) bond motifs is 9. The van der Waals surface area contributed by atoms with Crippen LogP contribution in [0.15, 0.2) is 334 Å². The highest BCUT2D eigenvalue weighted by Gasteiger charge is 2.44. The Labute approximate surface area is 484 Å². The molecule has 0 aliphatic carbocycles. The van der Waals surface area contributed by atoms with Gasteiger partial charge in [0.15, 0.2) is 16.1 Å². The molecule has 0 atom stereocenters. The number of hydrogen-bond donors (Lipinski definition) is 0. The van der Waals surface area contributed by atoms with E-state index in [2.05, 4.69) is 347 Å². The summed E-state index contributed by atoms with van der Waals surface area (Å²) >= 11 is 0. The maximum Gasteiger partial charge on any atom is 0.180 e. The van der Waals surface area contributed by atoms with E-state index in [1.807, 2.05) is 0 Å². The summed E-state index contributed by atoms with van der Waals surface area (Å²) in [5.74, 6) is 0. The zero-order valence-electron chi connectivity index (χ0n) is 45.6. The van der Waals surface area contributed by atoms with Gasteiger partial charge in [-0.15, -0.1) is 0 Å². The van der Waals surface area contributed by atoms with Crippen molar-refractivity contribution >= 4 is 123 Å². The molecule has 0 aliphatic rings. The molecule has 0 saturated carbocycles. The summed E-state index contributed by atoms with van der Waals surface area (Å²) < 4.78 is 7.45. The van der Waals surface area contributed by atoms with Crippen molar-refractivity contribution < 1.29 is 0 Å². The first kappa shape index (κ1) is 48.6. The summed E-state index contributed by atoms with van der Waals surface area (Å²) in [6.45, 7) is 0. The Morgan fingerprint density at radius 3 is 1.06 bits per heavy atom.